The van der Waals surface area contributed by atoms with E-state index in [0.29, 0.717) is 13.2 Å². The van der Waals surface area contributed by atoms with Crippen LogP contribution in [0.15, 0.2) is 0 Å². The summed E-state index contributed by atoms with van der Waals surface area (Å²) >= 11 is 0. The SMILES string of the molecule is C[C@@H]1COC[C@H](C)N1C=O. The maximum absolute atomic E-state index is 10.5. The Balaban J connectivity index is 2.53. The van der Waals surface area contributed by atoms with Gasteiger partial charge in [0.15, 0.2) is 0 Å². The van der Waals surface area contributed by atoms with Gasteiger partial charge >= 0.3 is 0 Å². The fraction of sp³-hybridized carbons (Fsp3) is 0.857. The molecule has 0 aliphatic carbocycles. The highest BCUT2D eigenvalue weighted by Crippen LogP contribution is 2.09. The lowest BCUT2D eigenvalue weighted by atomic mass is 10.2. The van der Waals surface area contributed by atoms with E-state index in [-0.39, 0.29) is 12.1 Å². The quantitative estimate of drug-likeness (QED) is 0.492. The molecule has 10 heavy (non-hydrogen) atoms. The fourth-order valence-corrected chi connectivity index (χ4v) is 1.22. The number of ether oxygens (including phenoxy) is 1. The normalized spacial score (nSPS) is 34.0. The van der Waals surface area contributed by atoms with Gasteiger partial charge in [-0.2, -0.15) is 0 Å². The molecule has 0 N–H and O–H groups in total. The molecule has 0 saturated carbocycles. The van der Waals surface area contributed by atoms with Crippen molar-refractivity contribution in [1.29, 1.82) is 0 Å². The maximum atomic E-state index is 10.5. The van der Waals surface area contributed by atoms with Crippen LogP contribution in [0.5, 0.6) is 0 Å². The van der Waals surface area contributed by atoms with Crippen LogP contribution in [0.25, 0.3) is 0 Å². The molecule has 1 rings (SSSR count). The van der Waals surface area contributed by atoms with Crippen molar-refractivity contribution in [1.82, 2.24) is 4.90 Å². The number of amides is 1. The van der Waals surface area contributed by atoms with Crippen LogP contribution in [0, 0.1) is 0 Å². The van der Waals surface area contributed by atoms with Crippen molar-refractivity contribution < 1.29 is 9.53 Å². The fourth-order valence-electron chi connectivity index (χ4n) is 1.22. The molecule has 58 valence electrons. The Morgan fingerprint density at radius 1 is 1.40 bits per heavy atom. The highest BCUT2D eigenvalue weighted by atomic mass is 16.5. The second-order valence-electron chi connectivity index (χ2n) is 2.79. The zero-order valence-corrected chi connectivity index (χ0v) is 6.41. The van der Waals surface area contributed by atoms with E-state index in [9.17, 15) is 4.79 Å². The minimum atomic E-state index is 0.237. The van der Waals surface area contributed by atoms with Gasteiger partial charge in [0.1, 0.15) is 0 Å². The summed E-state index contributed by atoms with van der Waals surface area (Å²) in [5.74, 6) is 0. The van der Waals surface area contributed by atoms with Crippen LogP contribution in [-0.4, -0.2) is 36.6 Å². The van der Waals surface area contributed by atoms with Gasteiger partial charge in [-0.1, -0.05) is 0 Å². The Hall–Kier alpha value is -0.570. The van der Waals surface area contributed by atoms with Crippen molar-refractivity contribution in [3.05, 3.63) is 0 Å². The summed E-state index contributed by atoms with van der Waals surface area (Å²) < 4.78 is 5.23. The zero-order chi connectivity index (χ0) is 7.56. The summed E-state index contributed by atoms with van der Waals surface area (Å²) in [5.41, 5.74) is 0. The summed E-state index contributed by atoms with van der Waals surface area (Å²) in [4.78, 5) is 12.2. The van der Waals surface area contributed by atoms with E-state index < -0.39 is 0 Å². The standard InChI is InChI=1S/C7H13NO2/c1-6-3-10-4-7(2)8(6)5-9/h5-7H,3-4H2,1-2H3/t6-,7+. The van der Waals surface area contributed by atoms with Crippen molar-refractivity contribution >= 4 is 6.41 Å². The third-order valence-corrected chi connectivity index (χ3v) is 1.86. The number of morpholine rings is 1. The van der Waals surface area contributed by atoms with Crippen molar-refractivity contribution in [3.63, 3.8) is 0 Å². The smallest absolute Gasteiger partial charge is 0.210 e. The number of hydrogen-bond donors (Lipinski definition) is 0. The Bertz CT molecular complexity index is 117. The van der Waals surface area contributed by atoms with E-state index >= 15 is 0 Å². The number of rotatable bonds is 1. The number of hydrogen-bond acceptors (Lipinski definition) is 2. The summed E-state index contributed by atoms with van der Waals surface area (Å²) in [6, 6.07) is 0.475. The minimum Gasteiger partial charge on any atom is -0.377 e. The van der Waals surface area contributed by atoms with Gasteiger partial charge in [-0.3, -0.25) is 4.79 Å². The third-order valence-electron chi connectivity index (χ3n) is 1.86. The first-order valence-corrected chi connectivity index (χ1v) is 3.56. The Morgan fingerprint density at radius 2 is 1.90 bits per heavy atom. The molecule has 0 radical (unpaired) electrons. The van der Waals surface area contributed by atoms with Crippen molar-refractivity contribution in [3.8, 4) is 0 Å². The molecule has 1 heterocycles. The highest BCUT2D eigenvalue weighted by molar-refractivity contribution is 5.48. The molecule has 0 aromatic rings. The molecular weight excluding hydrogens is 130 g/mol. The monoisotopic (exact) mass is 143 g/mol. The summed E-state index contributed by atoms with van der Waals surface area (Å²) in [7, 11) is 0. The maximum Gasteiger partial charge on any atom is 0.210 e. The molecule has 0 spiro atoms. The molecule has 0 aromatic carbocycles. The van der Waals surface area contributed by atoms with Crippen LogP contribution in [0.1, 0.15) is 13.8 Å². The number of nitrogens with zero attached hydrogens (tertiary/aromatic N) is 1. The topological polar surface area (TPSA) is 29.5 Å². The van der Waals surface area contributed by atoms with Gasteiger partial charge in [-0.25, -0.2) is 0 Å². The lowest BCUT2D eigenvalue weighted by Crippen LogP contribution is -2.48. The van der Waals surface area contributed by atoms with Gasteiger partial charge in [-0.05, 0) is 13.8 Å². The third kappa shape index (κ3) is 1.29. The molecule has 1 saturated heterocycles. The summed E-state index contributed by atoms with van der Waals surface area (Å²) in [6.45, 7) is 5.32. The van der Waals surface area contributed by atoms with Gasteiger partial charge < -0.3 is 9.64 Å². The van der Waals surface area contributed by atoms with Crippen molar-refractivity contribution in [2.45, 2.75) is 25.9 Å². The van der Waals surface area contributed by atoms with Crippen LogP contribution in [-0.2, 0) is 9.53 Å². The van der Waals surface area contributed by atoms with E-state index in [1.54, 1.807) is 4.90 Å². The van der Waals surface area contributed by atoms with E-state index in [2.05, 4.69) is 0 Å². The predicted molar refractivity (Wildman–Crippen MR) is 37.6 cm³/mol. The van der Waals surface area contributed by atoms with Gasteiger partial charge in [0.05, 0.1) is 25.3 Å². The average molecular weight is 143 g/mol. The average Bonchev–Trinajstić information content (AvgIpc) is 1.88. The van der Waals surface area contributed by atoms with Gasteiger partial charge in [-0.15, -0.1) is 0 Å². The first kappa shape index (κ1) is 7.54. The second kappa shape index (κ2) is 3.01. The van der Waals surface area contributed by atoms with Gasteiger partial charge in [0.2, 0.25) is 6.41 Å². The molecule has 0 bridgehead atoms. The summed E-state index contributed by atoms with van der Waals surface area (Å²) in [5, 5.41) is 0. The van der Waals surface area contributed by atoms with E-state index in [1.807, 2.05) is 13.8 Å². The Morgan fingerprint density at radius 3 is 2.20 bits per heavy atom. The lowest BCUT2D eigenvalue weighted by molar-refractivity contribution is -0.130. The van der Waals surface area contributed by atoms with E-state index in [4.69, 9.17) is 4.74 Å². The first-order valence-electron chi connectivity index (χ1n) is 3.56. The molecule has 0 aromatic heterocycles. The zero-order valence-electron chi connectivity index (χ0n) is 6.41. The molecule has 1 aliphatic heterocycles. The molecule has 2 atom stereocenters. The highest BCUT2D eigenvalue weighted by Gasteiger charge is 2.22. The van der Waals surface area contributed by atoms with Gasteiger partial charge in [0, 0.05) is 0 Å². The summed E-state index contributed by atoms with van der Waals surface area (Å²) in [6.07, 6.45) is 0.901. The van der Waals surface area contributed by atoms with Gasteiger partial charge in [0.25, 0.3) is 0 Å². The second-order valence-corrected chi connectivity index (χ2v) is 2.79. The number of carbonyl (C=O) groups excluding carboxylic acids is 1. The molecular formula is C7H13NO2. The van der Waals surface area contributed by atoms with Crippen molar-refractivity contribution in [2.75, 3.05) is 13.2 Å². The first-order chi connectivity index (χ1) is 4.75. The van der Waals surface area contributed by atoms with Crippen LogP contribution >= 0.6 is 0 Å². The Kier molecular flexibility index (Phi) is 2.27. The Labute approximate surface area is 61.0 Å². The van der Waals surface area contributed by atoms with Crippen LogP contribution in [0.2, 0.25) is 0 Å². The van der Waals surface area contributed by atoms with Crippen LogP contribution in [0.3, 0.4) is 0 Å². The molecule has 1 aliphatic rings. The van der Waals surface area contributed by atoms with Crippen LogP contribution < -0.4 is 0 Å². The number of carbonyl (C=O) groups is 1. The van der Waals surface area contributed by atoms with E-state index in [1.165, 1.54) is 0 Å². The largest absolute Gasteiger partial charge is 0.377 e. The lowest BCUT2D eigenvalue weighted by Gasteiger charge is -2.35. The van der Waals surface area contributed by atoms with Crippen LogP contribution in [0.4, 0.5) is 0 Å². The molecule has 1 fully saturated rings. The molecule has 1 amide bonds. The van der Waals surface area contributed by atoms with Crippen molar-refractivity contribution in [2.24, 2.45) is 0 Å². The minimum absolute atomic E-state index is 0.237. The predicted octanol–water partition coefficient (Wildman–Crippen LogP) is 0.252. The molecule has 0 unspecified atom stereocenters. The van der Waals surface area contributed by atoms with E-state index in [0.717, 1.165) is 6.41 Å². The molecule has 3 heteroatoms. The molecule has 3 nitrogen and oxygen atoms in total.